The molecule has 0 unspecified atom stereocenters. The van der Waals surface area contributed by atoms with Crippen molar-refractivity contribution in [3.05, 3.63) is 230 Å². The first-order valence-electron chi connectivity index (χ1n) is 24.5. The predicted molar refractivity (Wildman–Crippen MR) is 295 cm³/mol. The lowest BCUT2D eigenvalue weighted by molar-refractivity contribution is 0.546. The Morgan fingerprint density at radius 1 is 0.282 bits per heavy atom. The van der Waals surface area contributed by atoms with E-state index in [1.54, 1.807) is 0 Å². The molecule has 15 aromatic rings. The summed E-state index contributed by atoms with van der Waals surface area (Å²) in [5, 5.41) is 10.8. The number of hydrogen-bond acceptors (Lipinski definition) is 2. The topological polar surface area (TPSA) is 41.1 Å². The minimum absolute atomic E-state index is 0.838. The molecule has 332 valence electrons. The van der Waals surface area contributed by atoms with Crippen LogP contribution in [0.5, 0.6) is 0 Å². The molecule has 1 aliphatic carbocycles. The minimum atomic E-state index is 0.838. The van der Waals surface area contributed by atoms with Crippen molar-refractivity contribution < 1.29 is 8.83 Å². The van der Waals surface area contributed by atoms with Crippen LogP contribution in [0.15, 0.2) is 227 Å². The van der Waals surface area contributed by atoms with E-state index in [-0.39, 0.29) is 0 Å². The number of para-hydroxylation sites is 6. The molecule has 0 saturated heterocycles. The van der Waals surface area contributed by atoms with Gasteiger partial charge in [-0.2, -0.15) is 0 Å². The standard InChI is InChI=1S/C66H41N3O2/c1-7-19-57-47(13-1)48-14-2-8-20-58(48)67(57)44-27-31-65-55(38-44)53-36-40(25-29-63(53)70-65)42-33-43(35-46(34-42)69-61-23-11-5-17-51(61)52-18-6-12-24-62(52)69)41-26-30-64-54(37-41)56-39-45(28-32-66(56)71-64)68-59-21-9-3-15-49(59)50-16-4-10-22-60(50)68/h1-27,29-31,33-39H,28,32H2. The molecule has 0 bridgehead atoms. The summed E-state index contributed by atoms with van der Waals surface area (Å²) < 4.78 is 20.5. The maximum Gasteiger partial charge on any atom is 0.135 e. The van der Waals surface area contributed by atoms with Crippen molar-refractivity contribution in [3.63, 3.8) is 0 Å². The molecule has 0 radical (unpaired) electrons. The van der Waals surface area contributed by atoms with Gasteiger partial charge in [0.25, 0.3) is 0 Å². The van der Waals surface area contributed by atoms with E-state index in [1.807, 2.05) is 0 Å². The van der Waals surface area contributed by atoms with Gasteiger partial charge in [0.1, 0.15) is 22.5 Å². The lowest BCUT2D eigenvalue weighted by Gasteiger charge is -2.16. The predicted octanol–water partition coefficient (Wildman–Crippen LogP) is 17.9. The number of furan rings is 2. The largest absolute Gasteiger partial charge is 0.460 e. The third-order valence-electron chi connectivity index (χ3n) is 15.3. The second-order valence-electron chi connectivity index (χ2n) is 19.2. The van der Waals surface area contributed by atoms with Crippen LogP contribution in [0.1, 0.15) is 17.7 Å². The van der Waals surface area contributed by atoms with E-state index in [4.69, 9.17) is 8.83 Å². The third-order valence-corrected chi connectivity index (χ3v) is 15.3. The highest BCUT2D eigenvalue weighted by Crippen LogP contribution is 2.43. The molecular weight excluding hydrogens is 867 g/mol. The molecule has 0 spiro atoms. The number of hydrogen-bond donors (Lipinski definition) is 0. The zero-order valence-corrected chi connectivity index (χ0v) is 38.4. The van der Waals surface area contributed by atoms with Gasteiger partial charge in [0.2, 0.25) is 0 Å². The Hall–Kier alpha value is -9.32. The van der Waals surface area contributed by atoms with Gasteiger partial charge in [0, 0.05) is 77.5 Å². The summed E-state index contributed by atoms with van der Waals surface area (Å²) in [5.74, 6) is 1.04. The van der Waals surface area contributed by atoms with E-state index in [0.29, 0.717) is 0 Å². The zero-order valence-electron chi connectivity index (χ0n) is 38.4. The van der Waals surface area contributed by atoms with Crippen molar-refractivity contribution >= 4 is 110 Å². The van der Waals surface area contributed by atoms with Gasteiger partial charge in [0.05, 0.1) is 33.1 Å². The summed E-state index contributed by atoms with van der Waals surface area (Å²) >= 11 is 0. The van der Waals surface area contributed by atoms with Crippen LogP contribution in [-0.2, 0) is 6.42 Å². The van der Waals surface area contributed by atoms with E-state index >= 15 is 0 Å². The van der Waals surface area contributed by atoms with Crippen molar-refractivity contribution in [3.8, 4) is 33.6 Å². The number of benzene rings is 10. The molecule has 0 aliphatic heterocycles. The van der Waals surface area contributed by atoms with Gasteiger partial charge >= 0.3 is 0 Å². The van der Waals surface area contributed by atoms with E-state index in [0.717, 1.165) is 85.1 Å². The maximum absolute atomic E-state index is 6.67. The SMILES string of the molecule is C1=C(n2c3ccccc3c3ccccc32)CCc2oc3ccc(-c4cc(-c5ccc6oc7ccc(-n8c9ccccc9c9ccccc98)cc7c6c5)cc(-n5c6ccccc6c6ccccc65)c4)cc3c21. The molecule has 10 aromatic carbocycles. The smallest absolute Gasteiger partial charge is 0.135 e. The number of allylic oxidation sites excluding steroid dienone is 1. The molecular formula is C66H41N3O2. The Morgan fingerprint density at radius 3 is 1.20 bits per heavy atom. The van der Waals surface area contributed by atoms with Gasteiger partial charge < -0.3 is 22.5 Å². The Bertz CT molecular complexity index is 4620. The zero-order chi connectivity index (χ0) is 46.3. The van der Waals surface area contributed by atoms with E-state index in [1.165, 1.54) is 76.7 Å². The molecule has 0 fully saturated rings. The van der Waals surface area contributed by atoms with Crippen LogP contribution in [0, 0.1) is 0 Å². The molecule has 5 nitrogen and oxygen atoms in total. The fourth-order valence-electron chi connectivity index (χ4n) is 12.1. The lowest BCUT2D eigenvalue weighted by Crippen LogP contribution is -2.03. The highest BCUT2D eigenvalue weighted by Gasteiger charge is 2.23. The summed E-state index contributed by atoms with van der Waals surface area (Å²) in [6.07, 6.45) is 4.11. The molecule has 0 saturated carbocycles. The molecule has 71 heavy (non-hydrogen) atoms. The number of rotatable bonds is 5. The molecule has 5 heterocycles. The van der Waals surface area contributed by atoms with Crippen LogP contribution < -0.4 is 0 Å². The molecule has 0 amide bonds. The molecule has 16 rings (SSSR count). The third kappa shape index (κ3) is 5.63. The van der Waals surface area contributed by atoms with Crippen molar-refractivity contribution in [2.75, 3.05) is 0 Å². The fraction of sp³-hybridized carbons (Fsp3) is 0.0303. The second kappa shape index (κ2) is 14.6. The molecule has 0 atom stereocenters. The van der Waals surface area contributed by atoms with Gasteiger partial charge in [-0.25, -0.2) is 0 Å². The van der Waals surface area contributed by atoms with Crippen LogP contribution in [0.4, 0.5) is 0 Å². The summed E-state index contributed by atoms with van der Waals surface area (Å²) in [7, 11) is 0. The minimum Gasteiger partial charge on any atom is -0.460 e. The van der Waals surface area contributed by atoms with Gasteiger partial charge in [-0.1, -0.05) is 121 Å². The second-order valence-corrected chi connectivity index (χ2v) is 19.2. The molecule has 0 N–H and O–H groups in total. The highest BCUT2D eigenvalue weighted by atomic mass is 16.3. The van der Waals surface area contributed by atoms with E-state index < -0.39 is 0 Å². The highest BCUT2D eigenvalue weighted by molar-refractivity contribution is 6.13. The van der Waals surface area contributed by atoms with Gasteiger partial charge in [0.15, 0.2) is 0 Å². The van der Waals surface area contributed by atoms with Crippen LogP contribution >= 0.6 is 0 Å². The summed E-state index contributed by atoms with van der Waals surface area (Å²) in [5.41, 5.74) is 19.0. The average Bonchev–Trinajstić information content (AvgIpc) is 4.24. The number of aryl methyl sites for hydroxylation is 1. The average molecular weight is 908 g/mol. The quantitative estimate of drug-likeness (QED) is 0.173. The summed E-state index contributed by atoms with van der Waals surface area (Å²) in [6, 6.07) is 79.5. The van der Waals surface area contributed by atoms with Gasteiger partial charge in [-0.05, 0) is 132 Å². The first kappa shape index (κ1) is 38.6. The Morgan fingerprint density at radius 2 is 0.690 bits per heavy atom. The van der Waals surface area contributed by atoms with Crippen molar-refractivity contribution in [2.45, 2.75) is 12.8 Å². The first-order valence-corrected chi connectivity index (χ1v) is 24.5. The number of nitrogens with zero attached hydrogens (tertiary/aromatic N) is 3. The van der Waals surface area contributed by atoms with E-state index in [9.17, 15) is 0 Å². The van der Waals surface area contributed by atoms with E-state index in [2.05, 4.69) is 238 Å². The van der Waals surface area contributed by atoms with Crippen LogP contribution in [-0.4, -0.2) is 13.7 Å². The van der Waals surface area contributed by atoms with Crippen LogP contribution in [0.3, 0.4) is 0 Å². The lowest BCUT2D eigenvalue weighted by atomic mass is 9.94. The summed E-state index contributed by atoms with van der Waals surface area (Å²) in [6.45, 7) is 0. The Kier molecular flexibility index (Phi) is 7.94. The number of aromatic nitrogens is 3. The fourth-order valence-corrected chi connectivity index (χ4v) is 12.1. The van der Waals surface area contributed by atoms with Crippen molar-refractivity contribution in [1.29, 1.82) is 0 Å². The Balaban J connectivity index is 0.890. The Labute approximate surface area is 406 Å². The van der Waals surface area contributed by atoms with Crippen LogP contribution in [0.25, 0.3) is 144 Å². The molecule has 5 heteroatoms. The summed E-state index contributed by atoms with van der Waals surface area (Å²) in [4.78, 5) is 0. The normalized spacial score (nSPS) is 13.0. The molecule has 1 aliphatic rings. The van der Waals surface area contributed by atoms with Gasteiger partial charge in [-0.15, -0.1) is 0 Å². The molecule has 5 aromatic heterocycles. The van der Waals surface area contributed by atoms with Gasteiger partial charge in [-0.3, -0.25) is 0 Å². The van der Waals surface area contributed by atoms with Crippen molar-refractivity contribution in [2.24, 2.45) is 0 Å². The van der Waals surface area contributed by atoms with Crippen molar-refractivity contribution in [1.82, 2.24) is 13.7 Å². The number of fused-ring (bicyclic) bond motifs is 15. The first-order chi connectivity index (χ1) is 35.2. The monoisotopic (exact) mass is 907 g/mol. The van der Waals surface area contributed by atoms with Crippen LogP contribution in [0.2, 0.25) is 0 Å². The maximum atomic E-state index is 6.67.